The van der Waals surface area contributed by atoms with Gasteiger partial charge < -0.3 is 14.5 Å². The zero-order valence-corrected chi connectivity index (χ0v) is 17.6. The summed E-state index contributed by atoms with van der Waals surface area (Å²) >= 11 is 0. The molecule has 28 heavy (non-hydrogen) atoms. The van der Waals surface area contributed by atoms with Gasteiger partial charge in [-0.2, -0.15) is 4.31 Å². The Morgan fingerprint density at radius 3 is 2.39 bits per heavy atom. The molecule has 1 aliphatic heterocycles. The zero-order valence-electron chi connectivity index (χ0n) is 16.8. The molecule has 0 radical (unpaired) electrons. The normalized spacial score (nSPS) is 17.5. The minimum Gasteiger partial charge on any atom is -0.460 e. The first-order chi connectivity index (χ1) is 13.2. The van der Waals surface area contributed by atoms with E-state index in [2.05, 4.69) is 5.32 Å². The van der Waals surface area contributed by atoms with Crippen molar-refractivity contribution in [3.05, 3.63) is 17.9 Å². The fourth-order valence-electron chi connectivity index (χ4n) is 2.85. The molecule has 158 valence electrons. The van der Waals surface area contributed by atoms with Gasteiger partial charge in [-0.25, -0.2) is 13.2 Å². The lowest BCUT2D eigenvalue weighted by atomic mass is 10.2. The molecule has 2 rings (SSSR count). The molecule has 0 saturated carbocycles. The average Bonchev–Trinajstić information content (AvgIpc) is 3.17. The largest absolute Gasteiger partial charge is 0.460 e. The van der Waals surface area contributed by atoms with Gasteiger partial charge in [-0.1, -0.05) is 13.8 Å². The summed E-state index contributed by atoms with van der Waals surface area (Å²) in [5, 5.41) is 2.61. The van der Waals surface area contributed by atoms with E-state index in [1.54, 1.807) is 6.92 Å². The van der Waals surface area contributed by atoms with E-state index in [0.29, 0.717) is 25.6 Å². The number of ether oxygens (including phenoxy) is 1. The smallest absolute Gasteiger partial charge is 0.374 e. The van der Waals surface area contributed by atoms with Gasteiger partial charge >= 0.3 is 5.97 Å². The lowest BCUT2D eigenvalue weighted by molar-refractivity contribution is -0.126. The maximum Gasteiger partial charge on any atom is 0.374 e. The van der Waals surface area contributed by atoms with E-state index in [4.69, 9.17) is 9.15 Å². The van der Waals surface area contributed by atoms with Crippen LogP contribution in [0.3, 0.4) is 0 Å². The molecular formula is C18H29N3O6S. The third-order valence-corrected chi connectivity index (χ3v) is 6.31. The summed E-state index contributed by atoms with van der Waals surface area (Å²) in [7, 11) is -3.85. The molecule has 1 atom stereocenters. The fraction of sp³-hybridized carbons (Fsp3) is 0.667. The number of sulfonamides is 1. The predicted octanol–water partition coefficient (Wildman–Crippen LogP) is 0.923. The number of nitrogens with zero attached hydrogens (tertiary/aromatic N) is 2. The second-order valence-corrected chi connectivity index (χ2v) is 8.96. The lowest BCUT2D eigenvalue weighted by Crippen LogP contribution is -2.55. The van der Waals surface area contributed by atoms with Crippen molar-refractivity contribution in [3.63, 3.8) is 0 Å². The molecule has 0 spiro atoms. The lowest BCUT2D eigenvalue weighted by Gasteiger charge is -2.36. The van der Waals surface area contributed by atoms with Crippen LogP contribution in [0.15, 0.2) is 21.6 Å². The standard InChI is InChI=1S/C18H29N3O6S/c1-5-26-18(23)15-6-7-16(27-15)28(24,25)21-10-8-20(9-11-21)14(4)17(22)19-12-13(2)3/h6-7,13-14H,5,8-12H2,1-4H3,(H,19,22). The Balaban J connectivity index is 1.96. The molecule has 1 N–H and O–H groups in total. The number of rotatable bonds is 8. The number of nitrogens with one attached hydrogen (secondary N) is 1. The molecule has 0 aromatic carbocycles. The molecule has 0 aliphatic carbocycles. The van der Waals surface area contributed by atoms with Gasteiger partial charge in [0.2, 0.25) is 16.8 Å². The van der Waals surface area contributed by atoms with Crippen LogP contribution in [0.5, 0.6) is 0 Å². The first-order valence-corrected chi connectivity index (χ1v) is 10.9. The zero-order chi connectivity index (χ0) is 20.9. The monoisotopic (exact) mass is 415 g/mol. The topological polar surface area (TPSA) is 109 Å². The summed E-state index contributed by atoms with van der Waals surface area (Å²) in [4.78, 5) is 25.8. The van der Waals surface area contributed by atoms with Crippen molar-refractivity contribution in [2.75, 3.05) is 39.3 Å². The second-order valence-electron chi connectivity index (χ2n) is 7.09. The van der Waals surface area contributed by atoms with E-state index in [9.17, 15) is 18.0 Å². The molecule has 1 amide bonds. The minimum atomic E-state index is -3.85. The number of furan rings is 1. The summed E-state index contributed by atoms with van der Waals surface area (Å²) in [5.41, 5.74) is 0. The van der Waals surface area contributed by atoms with Crippen LogP contribution in [0.25, 0.3) is 0 Å². The van der Waals surface area contributed by atoms with Crippen molar-refractivity contribution in [1.82, 2.24) is 14.5 Å². The Morgan fingerprint density at radius 1 is 1.18 bits per heavy atom. The number of hydrogen-bond donors (Lipinski definition) is 1. The maximum atomic E-state index is 12.8. The van der Waals surface area contributed by atoms with E-state index in [0.717, 1.165) is 0 Å². The number of esters is 1. The third kappa shape index (κ3) is 5.33. The van der Waals surface area contributed by atoms with Crippen LogP contribution in [0.1, 0.15) is 38.2 Å². The number of piperazine rings is 1. The van der Waals surface area contributed by atoms with Crippen molar-refractivity contribution in [3.8, 4) is 0 Å². The minimum absolute atomic E-state index is 0.0601. The molecule has 1 unspecified atom stereocenters. The van der Waals surface area contributed by atoms with E-state index >= 15 is 0 Å². The van der Waals surface area contributed by atoms with Gasteiger partial charge in [0, 0.05) is 32.7 Å². The van der Waals surface area contributed by atoms with Crippen molar-refractivity contribution in [2.45, 2.75) is 38.8 Å². The van der Waals surface area contributed by atoms with Gasteiger partial charge in [-0.15, -0.1) is 0 Å². The van der Waals surface area contributed by atoms with E-state index < -0.39 is 16.0 Å². The Bertz CT molecular complexity index is 781. The van der Waals surface area contributed by atoms with Crippen molar-refractivity contribution in [1.29, 1.82) is 0 Å². The van der Waals surface area contributed by atoms with Crippen LogP contribution >= 0.6 is 0 Å². The average molecular weight is 416 g/mol. The Morgan fingerprint density at radius 2 is 1.82 bits per heavy atom. The Labute approximate surface area is 166 Å². The number of carbonyl (C=O) groups is 2. The predicted molar refractivity (Wildman–Crippen MR) is 102 cm³/mol. The molecule has 1 fully saturated rings. The SMILES string of the molecule is CCOC(=O)c1ccc(S(=O)(=O)N2CCN(C(C)C(=O)NCC(C)C)CC2)o1. The Kier molecular flexibility index (Phi) is 7.62. The molecule has 10 heteroatoms. The molecule has 1 aliphatic rings. The van der Waals surface area contributed by atoms with Gasteiger partial charge in [0.15, 0.2) is 0 Å². The highest BCUT2D eigenvalue weighted by atomic mass is 32.2. The molecule has 9 nitrogen and oxygen atoms in total. The summed E-state index contributed by atoms with van der Waals surface area (Å²) in [5.74, 6) is -0.537. The Hall–Kier alpha value is -1.91. The van der Waals surface area contributed by atoms with E-state index in [1.807, 2.05) is 25.7 Å². The molecule has 1 saturated heterocycles. The highest BCUT2D eigenvalue weighted by Gasteiger charge is 2.34. The summed E-state index contributed by atoms with van der Waals surface area (Å²) < 4.78 is 36.8. The van der Waals surface area contributed by atoms with Crippen LogP contribution in [-0.4, -0.2) is 74.9 Å². The van der Waals surface area contributed by atoms with Crippen molar-refractivity contribution >= 4 is 21.9 Å². The number of hydrogen-bond acceptors (Lipinski definition) is 7. The first kappa shape index (κ1) is 22.4. The molecule has 1 aromatic heterocycles. The van der Waals surface area contributed by atoms with Crippen LogP contribution in [0.4, 0.5) is 0 Å². The quantitative estimate of drug-likeness (QED) is 0.629. The van der Waals surface area contributed by atoms with E-state index in [1.165, 1.54) is 16.4 Å². The second kappa shape index (κ2) is 9.53. The van der Waals surface area contributed by atoms with Crippen LogP contribution in [0.2, 0.25) is 0 Å². The molecule has 2 heterocycles. The summed E-state index contributed by atoms with van der Waals surface area (Å²) in [6.07, 6.45) is 0. The maximum absolute atomic E-state index is 12.8. The number of amides is 1. The van der Waals surface area contributed by atoms with Crippen LogP contribution in [0, 0.1) is 5.92 Å². The summed E-state index contributed by atoms with van der Waals surface area (Å²) in [6, 6.07) is 2.22. The van der Waals surface area contributed by atoms with Crippen LogP contribution < -0.4 is 5.32 Å². The van der Waals surface area contributed by atoms with Gasteiger partial charge in [-0.3, -0.25) is 9.69 Å². The summed E-state index contributed by atoms with van der Waals surface area (Å²) in [6.45, 7) is 9.64. The molecular weight excluding hydrogens is 386 g/mol. The van der Waals surface area contributed by atoms with Gasteiger partial charge in [-0.05, 0) is 31.9 Å². The van der Waals surface area contributed by atoms with Crippen molar-refractivity contribution in [2.24, 2.45) is 5.92 Å². The molecule has 1 aromatic rings. The first-order valence-electron chi connectivity index (χ1n) is 9.45. The third-order valence-electron chi connectivity index (χ3n) is 4.54. The molecule has 0 bridgehead atoms. The fourth-order valence-corrected chi connectivity index (χ4v) is 4.18. The van der Waals surface area contributed by atoms with Crippen LogP contribution in [-0.2, 0) is 19.6 Å². The van der Waals surface area contributed by atoms with Gasteiger partial charge in [0.1, 0.15) is 0 Å². The highest BCUT2D eigenvalue weighted by molar-refractivity contribution is 7.89. The van der Waals surface area contributed by atoms with E-state index in [-0.39, 0.29) is 42.5 Å². The highest BCUT2D eigenvalue weighted by Crippen LogP contribution is 2.21. The van der Waals surface area contributed by atoms with Crippen molar-refractivity contribution < 1.29 is 27.2 Å². The van der Waals surface area contributed by atoms with Gasteiger partial charge in [0.05, 0.1) is 12.6 Å². The van der Waals surface area contributed by atoms with Gasteiger partial charge in [0.25, 0.3) is 10.0 Å². The number of carbonyl (C=O) groups excluding carboxylic acids is 2.